The maximum absolute atomic E-state index is 15.1. The lowest BCUT2D eigenvalue weighted by atomic mass is 9.92. The second-order valence-corrected chi connectivity index (χ2v) is 11.6. The number of anilines is 1. The molecule has 0 saturated carbocycles. The normalized spacial score (nSPS) is 21.6. The van der Waals surface area contributed by atoms with Crippen molar-refractivity contribution in [3.63, 3.8) is 0 Å². The molecule has 7 heteroatoms. The number of hydrogen-bond acceptors (Lipinski definition) is 4. The molecule has 2 aliphatic heterocycles. The minimum atomic E-state index is -0.588. The Kier molecular flexibility index (Phi) is 6.73. The first-order valence-electron chi connectivity index (χ1n) is 10.8. The molecule has 2 fully saturated rings. The molecule has 1 unspecified atom stereocenters. The van der Waals surface area contributed by atoms with Gasteiger partial charge >= 0.3 is 0 Å². The number of carbonyl (C=O) groups excluding carboxylic acids is 1. The van der Waals surface area contributed by atoms with Crippen molar-refractivity contribution in [1.82, 2.24) is 9.80 Å². The van der Waals surface area contributed by atoms with Crippen molar-refractivity contribution in [2.75, 3.05) is 43.4 Å². The third-order valence-electron chi connectivity index (χ3n) is 5.94. The largest absolute Gasteiger partial charge is 0.366 e. The quantitative estimate of drug-likeness (QED) is 0.667. The summed E-state index contributed by atoms with van der Waals surface area (Å²) in [5, 5.41) is -0.347. The fourth-order valence-corrected chi connectivity index (χ4v) is 5.35. The lowest BCUT2D eigenvalue weighted by Gasteiger charge is -2.44. The van der Waals surface area contributed by atoms with Crippen LogP contribution < -0.4 is 4.90 Å². The van der Waals surface area contributed by atoms with E-state index in [0.29, 0.717) is 36.6 Å². The van der Waals surface area contributed by atoms with Gasteiger partial charge in [0.15, 0.2) is 0 Å². The van der Waals surface area contributed by atoms with E-state index >= 15 is 4.39 Å². The van der Waals surface area contributed by atoms with Crippen LogP contribution in [0.4, 0.5) is 14.5 Å². The van der Waals surface area contributed by atoms with E-state index in [2.05, 4.69) is 46.4 Å². The van der Waals surface area contributed by atoms with Crippen molar-refractivity contribution in [2.45, 2.75) is 58.9 Å². The smallest absolute Gasteiger partial charge is 0.233 e. The summed E-state index contributed by atoms with van der Waals surface area (Å²) in [7, 11) is 0. The van der Waals surface area contributed by atoms with Crippen LogP contribution in [-0.2, 0) is 4.79 Å². The van der Waals surface area contributed by atoms with E-state index in [4.69, 9.17) is 0 Å². The van der Waals surface area contributed by atoms with Gasteiger partial charge in [0, 0.05) is 49.9 Å². The van der Waals surface area contributed by atoms with Crippen LogP contribution in [0.5, 0.6) is 0 Å². The first kappa shape index (κ1) is 23.3. The van der Waals surface area contributed by atoms with Crippen LogP contribution in [0.15, 0.2) is 12.1 Å². The number of halogens is 2. The lowest BCUT2D eigenvalue weighted by molar-refractivity contribution is -0.128. The highest BCUT2D eigenvalue weighted by Crippen LogP contribution is 2.44. The molecule has 168 valence electrons. The molecule has 0 spiro atoms. The van der Waals surface area contributed by atoms with Crippen molar-refractivity contribution >= 4 is 23.4 Å². The first-order valence-corrected chi connectivity index (χ1v) is 11.8. The summed E-state index contributed by atoms with van der Waals surface area (Å²) in [4.78, 5) is 18.8. The van der Waals surface area contributed by atoms with E-state index in [1.54, 1.807) is 4.90 Å². The Labute approximate surface area is 184 Å². The topological polar surface area (TPSA) is 26.8 Å². The zero-order valence-corrected chi connectivity index (χ0v) is 19.9. The standard InChI is InChI=1S/C23H35F2N3OS/c1-22(2,3)7-8-28-19(29)15-30-21(28)17-13-16(24)14-18(25)20(17)26-9-11-27(12-10-26)23(4,5)6/h13-14,21H,7-12,15H2,1-6H3. The fraction of sp³-hybridized carbons (Fsp3) is 0.696. The van der Waals surface area contributed by atoms with E-state index in [9.17, 15) is 9.18 Å². The van der Waals surface area contributed by atoms with Gasteiger partial charge in [0.25, 0.3) is 0 Å². The van der Waals surface area contributed by atoms with Crippen LogP contribution in [0.1, 0.15) is 58.9 Å². The Hall–Kier alpha value is -1.34. The van der Waals surface area contributed by atoms with Crippen LogP contribution >= 0.6 is 11.8 Å². The molecular weight excluding hydrogens is 404 g/mol. The Bertz CT molecular complexity index is 780. The summed E-state index contributed by atoms with van der Waals surface area (Å²) in [6.07, 6.45) is 0.840. The second kappa shape index (κ2) is 8.65. The average molecular weight is 440 g/mol. The van der Waals surface area contributed by atoms with Crippen LogP contribution in [0, 0.1) is 17.0 Å². The molecule has 0 N–H and O–H groups in total. The maximum Gasteiger partial charge on any atom is 0.233 e. The number of hydrogen-bond donors (Lipinski definition) is 0. The summed E-state index contributed by atoms with van der Waals surface area (Å²) in [6, 6.07) is 2.39. The van der Waals surface area contributed by atoms with Crippen LogP contribution in [0.3, 0.4) is 0 Å². The fourth-order valence-electron chi connectivity index (χ4n) is 4.12. The van der Waals surface area contributed by atoms with Gasteiger partial charge in [0.2, 0.25) is 5.91 Å². The molecular formula is C23H35F2N3OS. The predicted octanol–water partition coefficient (Wildman–Crippen LogP) is 4.90. The highest BCUT2D eigenvalue weighted by atomic mass is 32.2. The number of rotatable bonds is 4. The molecule has 0 radical (unpaired) electrons. The molecule has 3 rings (SSSR count). The number of thioether (sulfide) groups is 1. The van der Waals surface area contributed by atoms with Crippen molar-refractivity contribution in [3.05, 3.63) is 29.3 Å². The zero-order valence-electron chi connectivity index (χ0n) is 19.1. The van der Waals surface area contributed by atoms with Crippen molar-refractivity contribution in [3.8, 4) is 0 Å². The van der Waals surface area contributed by atoms with E-state index < -0.39 is 11.6 Å². The summed E-state index contributed by atoms with van der Waals surface area (Å²) in [5.74, 6) is -0.730. The number of amides is 1. The molecule has 2 saturated heterocycles. The number of benzene rings is 1. The average Bonchev–Trinajstić information content (AvgIpc) is 2.98. The lowest BCUT2D eigenvalue weighted by Crippen LogP contribution is -2.53. The molecule has 0 bridgehead atoms. The SMILES string of the molecule is CC(C)(C)CCN1C(=O)CSC1c1cc(F)cc(F)c1N1CCN(C(C)(C)C)CC1. The van der Waals surface area contributed by atoms with Gasteiger partial charge in [-0.3, -0.25) is 9.69 Å². The summed E-state index contributed by atoms with van der Waals surface area (Å²) < 4.78 is 29.3. The predicted molar refractivity (Wildman–Crippen MR) is 121 cm³/mol. The third kappa shape index (κ3) is 5.28. The highest BCUT2D eigenvalue weighted by Gasteiger charge is 2.37. The van der Waals surface area contributed by atoms with Gasteiger partial charge in [-0.25, -0.2) is 8.78 Å². The van der Waals surface area contributed by atoms with E-state index in [1.807, 2.05) is 4.90 Å². The minimum Gasteiger partial charge on any atom is -0.366 e. The van der Waals surface area contributed by atoms with Gasteiger partial charge in [-0.2, -0.15) is 0 Å². The molecule has 2 aliphatic rings. The Morgan fingerprint density at radius 1 is 1.03 bits per heavy atom. The minimum absolute atomic E-state index is 0.0439. The number of piperazine rings is 1. The second-order valence-electron chi connectivity index (χ2n) is 10.5. The summed E-state index contributed by atoms with van der Waals surface area (Å²) in [6.45, 7) is 16.6. The van der Waals surface area contributed by atoms with E-state index in [-0.39, 0.29) is 22.2 Å². The molecule has 2 heterocycles. The van der Waals surface area contributed by atoms with Crippen molar-refractivity contribution in [2.24, 2.45) is 5.41 Å². The van der Waals surface area contributed by atoms with Gasteiger partial charge in [-0.15, -0.1) is 11.8 Å². The van der Waals surface area contributed by atoms with Gasteiger partial charge in [0.05, 0.1) is 11.4 Å². The van der Waals surface area contributed by atoms with Crippen LogP contribution in [-0.4, -0.2) is 59.7 Å². The van der Waals surface area contributed by atoms with Gasteiger partial charge < -0.3 is 9.80 Å². The molecule has 1 aromatic rings. The molecule has 1 amide bonds. The molecule has 0 aliphatic carbocycles. The molecule has 4 nitrogen and oxygen atoms in total. The first-order chi connectivity index (χ1) is 13.9. The Morgan fingerprint density at radius 3 is 2.23 bits per heavy atom. The Morgan fingerprint density at radius 2 is 1.67 bits per heavy atom. The summed E-state index contributed by atoms with van der Waals surface area (Å²) >= 11 is 1.47. The van der Waals surface area contributed by atoms with Crippen LogP contribution in [0.2, 0.25) is 0 Å². The molecule has 0 aromatic heterocycles. The summed E-state index contributed by atoms with van der Waals surface area (Å²) in [5.41, 5.74) is 1.19. The van der Waals surface area contributed by atoms with Crippen molar-refractivity contribution < 1.29 is 13.6 Å². The molecule has 1 atom stereocenters. The number of nitrogens with zero attached hydrogens (tertiary/aromatic N) is 3. The monoisotopic (exact) mass is 439 g/mol. The Balaban J connectivity index is 1.89. The molecule has 30 heavy (non-hydrogen) atoms. The third-order valence-corrected chi connectivity index (χ3v) is 7.18. The van der Waals surface area contributed by atoms with Crippen LogP contribution in [0.25, 0.3) is 0 Å². The van der Waals surface area contributed by atoms with Gasteiger partial charge in [-0.05, 0) is 38.7 Å². The number of carbonyl (C=O) groups is 1. The van der Waals surface area contributed by atoms with Gasteiger partial charge in [-0.1, -0.05) is 20.8 Å². The van der Waals surface area contributed by atoms with Crippen molar-refractivity contribution in [1.29, 1.82) is 0 Å². The maximum atomic E-state index is 15.1. The van der Waals surface area contributed by atoms with E-state index in [0.717, 1.165) is 25.6 Å². The zero-order chi connectivity index (χ0) is 22.3. The van der Waals surface area contributed by atoms with E-state index in [1.165, 1.54) is 17.8 Å². The highest BCUT2D eigenvalue weighted by molar-refractivity contribution is 8.00. The van der Waals surface area contributed by atoms with Gasteiger partial charge in [0.1, 0.15) is 17.0 Å². The molecule has 1 aromatic carbocycles.